The molecular weight excluding hydrogens is 607 g/mol. The standard InChI is InChI=1S/C35H36ClFN4O3Si/c1-23-20-41(21-24(2)44-23)33-29(40-32(31(37)30(33)36)34(42)25-16-17-26(18-38)39-19-25)22-43-45(35(3,4)5,27-12-8-6-9-13-27)28-14-10-7-11-15-28/h6-17,19,23-24H,20-22H2,1-5H3/t23-,24+. The molecule has 2 aromatic carbocycles. The first-order valence-electron chi connectivity index (χ1n) is 14.9. The Morgan fingerprint density at radius 3 is 2.11 bits per heavy atom. The number of ketones is 1. The van der Waals surface area contributed by atoms with E-state index in [1.165, 1.54) is 18.3 Å². The number of rotatable bonds is 8. The first-order chi connectivity index (χ1) is 21.5. The summed E-state index contributed by atoms with van der Waals surface area (Å²) in [6.07, 6.45) is 0.974. The number of pyridine rings is 2. The van der Waals surface area contributed by atoms with Crippen LogP contribution in [0.3, 0.4) is 0 Å². The number of morpholine rings is 1. The molecule has 0 unspecified atom stereocenters. The molecule has 0 N–H and O–H groups in total. The van der Waals surface area contributed by atoms with E-state index in [4.69, 9.17) is 26.0 Å². The van der Waals surface area contributed by atoms with Gasteiger partial charge in [0.2, 0.25) is 5.78 Å². The van der Waals surface area contributed by atoms with Crippen molar-refractivity contribution in [3.05, 3.63) is 112 Å². The summed E-state index contributed by atoms with van der Waals surface area (Å²) >= 11 is 6.83. The molecular formula is C35H36ClFN4O3Si. The zero-order valence-corrected chi connectivity index (χ0v) is 27.8. The molecule has 1 aliphatic rings. The van der Waals surface area contributed by atoms with E-state index in [2.05, 4.69) is 55.0 Å². The van der Waals surface area contributed by atoms with Gasteiger partial charge in [0.05, 0.1) is 30.2 Å². The van der Waals surface area contributed by atoms with Crippen molar-refractivity contribution in [2.24, 2.45) is 0 Å². The summed E-state index contributed by atoms with van der Waals surface area (Å²) in [6, 6.07) is 25.1. The SMILES string of the molecule is C[C@@H]1CN(c2c(CO[Si](c3ccccc3)(c3ccccc3)C(C)(C)C)nc(C(=O)c3ccc(C#N)nc3)c(F)c2Cl)C[C@H](C)O1. The molecule has 1 fully saturated rings. The highest BCUT2D eigenvalue weighted by molar-refractivity contribution is 6.99. The van der Waals surface area contributed by atoms with Crippen LogP contribution in [0, 0.1) is 17.1 Å². The summed E-state index contributed by atoms with van der Waals surface area (Å²) in [5.41, 5.74) is 0.565. The van der Waals surface area contributed by atoms with E-state index in [-0.39, 0.29) is 40.1 Å². The fourth-order valence-electron chi connectivity index (χ4n) is 6.17. The maximum absolute atomic E-state index is 16.1. The lowest BCUT2D eigenvalue weighted by Crippen LogP contribution is -2.66. The van der Waals surface area contributed by atoms with Gasteiger partial charge in [-0.05, 0) is 41.4 Å². The van der Waals surface area contributed by atoms with Gasteiger partial charge in [0, 0.05) is 24.8 Å². The number of halogens is 2. The number of aromatic nitrogens is 2. The van der Waals surface area contributed by atoms with Crippen molar-refractivity contribution in [1.82, 2.24) is 9.97 Å². The first kappa shape index (κ1) is 32.5. The maximum atomic E-state index is 16.1. The summed E-state index contributed by atoms with van der Waals surface area (Å²) < 4.78 is 29.2. The lowest BCUT2D eigenvalue weighted by Gasteiger charge is -2.43. The largest absolute Gasteiger partial charge is 0.401 e. The molecule has 0 bridgehead atoms. The Labute approximate surface area is 269 Å². The number of hydrogen-bond acceptors (Lipinski definition) is 7. The monoisotopic (exact) mass is 642 g/mol. The predicted molar refractivity (Wildman–Crippen MR) is 176 cm³/mol. The van der Waals surface area contributed by atoms with Crippen LogP contribution in [0.5, 0.6) is 0 Å². The van der Waals surface area contributed by atoms with Crippen molar-refractivity contribution in [3.8, 4) is 6.07 Å². The van der Waals surface area contributed by atoms with Crippen LogP contribution in [-0.4, -0.2) is 49.4 Å². The number of ether oxygens (including phenoxy) is 1. The van der Waals surface area contributed by atoms with E-state index in [1.54, 1.807) is 0 Å². The summed E-state index contributed by atoms with van der Waals surface area (Å²) in [5.74, 6) is -1.60. The van der Waals surface area contributed by atoms with Crippen LogP contribution in [0.4, 0.5) is 10.1 Å². The van der Waals surface area contributed by atoms with Crippen LogP contribution in [0.25, 0.3) is 0 Å². The van der Waals surface area contributed by atoms with E-state index in [0.29, 0.717) is 24.5 Å². The molecule has 0 amide bonds. The van der Waals surface area contributed by atoms with Crippen LogP contribution >= 0.6 is 11.6 Å². The Kier molecular flexibility index (Phi) is 9.51. The van der Waals surface area contributed by atoms with Crippen LogP contribution < -0.4 is 15.3 Å². The average Bonchev–Trinajstić information content (AvgIpc) is 3.02. The lowest BCUT2D eigenvalue weighted by molar-refractivity contribution is -0.00535. The van der Waals surface area contributed by atoms with E-state index < -0.39 is 25.6 Å². The Bertz CT molecular complexity index is 1660. The van der Waals surface area contributed by atoms with Gasteiger partial charge in [-0.1, -0.05) is 93.0 Å². The van der Waals surface area contributed by atoms with Crippen molar-refractivity contribution in [3.63, 3.8) is 0 Å². The second kappa shape index (κ2) is 13.2. The van der Waals surface area contributed by atoms with Gasteiger partial charge in [0.1, 0.15) is 22.5 Å². The molecule has 3 heterocycles. The number of carbonyl (C=O) groups excluding carboxylic acids is 1. The number of hydrogen-bond donors (Lipinski definition) is 0. The van der Waals surface area contributed by atoms with Gasteiger partial charge < -0.3 is 14.1 Å². The highest BCUT2D eigenvalue weighted by atomic mass is 35.5. The van der Waals surface area contributed by atoms with Crippen LogP contribution in [-0.2, 0) is 15.8 Å². The Morgan fingerprint density at radius 1 is 1.04 bits per heavy atom. The van der Waals surface area contributed by atoms with Gasteiger partial charge in [-0.2, -0.15) is 5.26 Å². The molecule has 2 atom stereocenters. The minimum Gasteiger partial charge on any atom is -0.401 e. The third-order valence-corrected chi connectivity index (χ3v) is 13.4. The zero-order chi connectivity index (χ0) is 32.4. The van der Waals surface area contributed by atoms with Crippen molar-refractivity contribution >= 4 is 41.8 Å². The van der Waals surface area contributed by atoms with E-state index >= 15 is 4.39 Å². The highest BCUT2D eigenvalue weighted by Gasteiger charge is 2.50. The lowest BCUT2D eigenvalue weighted by atomic mass is 10.1. The van der Waals surface area contributed by atoms with Crippen LogP contribution in [0.1, 0.15) is 62.1 Å². The third kappa shape index (κ3) is 6.42. The van der Waals surface area contributed by atoms with Gasteiger partial charge in [0.25, 0.3) is 8.32 Å². The average molecular weight is 643 g/mol. The molecule has 1 aliphatic heterocycles. The molecule has 0 aliphatic carbocycles. The van der Waals surface area contributed by atoms with Crippen molar-refractivity contribution in [1.29, 1.82) is 5.26 Å². The smallest absolute Gasteiger partial charge is 0.261 e. The molecule has 5 rings (SSSR count). The Hall–Kier alpha value is -3.94. The first-order valence-corrected chi connectivity index (χ1v) is 17.2. The van der Waals surface area contributed by atoms with Crippen LogP contribution in [0.2, 0.25) is 10.1 Å². The quantitative estimate of drug-likeness (QED) is 0.170. The summed E-state index contributed by atoms with van der Waals surface area (Å²) in [6.45, 7) is 11.3. The molecule has 0 spiro atoms. The number of nitriles is 1. The molecule has 2 aromatic heterocycles. The van der Waals surface area contributed by atoms with Crippen molar-refractivity contribution in [2.75, 3.05) is 18.0 Å². The topological polar surface area (TPSA) is 88.3 Å². The molecule has 0 radical (unpaired) electrons. The summed E-state index contributed by atoms with van der Waals surface area (Å²) in [7, 11) is -3.03. The molecule has 4 aromatic rings. The van der Waals surface area contributed by atoms with Gasteiger partial charge in [-0.3, -0.25) is 4.79 Å². The van der Waals surface area contributed by atoms with Crippen LogP contribution in [0.15, 0.2) is 79.0 Å². The number of carbonyl (C=O) groups is 1. The van der Waals surface area contributed by atoms with E-state index in [9.17, 15) is 4.79 Å². The van der Waals surface area contributed by atoms with Gasteiger partial charge in [-0.25, -0.2) is 14.4 Å². The maximum Gasteiger partial charge on any atom is 0.261 e. The number of anilines is 1. The van der Waals surface area contributed by atoms with Gasteiger partial charge in [-0.15, -0.1) is 0 Å². The minimum atomic E-state index is -3.03. The third-order valence-electron chi connectivity index (χ3n) is 8.06. The Balaban J connectivity index is 1.67. The van der Waals surface area contributed by atoms with E-state index in [0.717, 1.165) is 10.4 Å². The van der Waals surface area contributed by atoms with E-state index in [1.807, 2.05) is 61.2 Å². The van der Waals surface area contributed by atoms with Crippen molar-refractivity contribution in [2.45, 2.75) is 58.5 Å². The normalized spacial score (nSPS) is 17.2. The molecule has 45 heavy (non-hydrogen) atoms. The molecule has 10 heteroatoms. The molecule has 0 saturated carbocycles. The predicted octanol–water partition coefficient (Wildman–Crippen LogP) is 6.06. The fraction of sp³-hybridized carbons (Fsp3) is 0.314. The molecule has 232 valence electrons. The molecule has 7 nitrogen and oxygen atoms in total. The van der Waals surface area contributed by atoms with Gasteiger partial charge in [0.15, 0.2) is 5.82 Å². The second-order valence-electron chi connectivity index (χ2n) is 12.4. The number of nitrogens with zero attached hydrogens (tertiary/aromatic N) is 4. The fourth-order valence-corrected chi connectivity index (χ4v) is 11.0. The van der Waals surface area contributed by atoms with Gasteiger partial charge >= 0.3 is 0 Å². The number of benzene rings is 2. The van der Waals surface area contributed by atoms with Crippen molar-refractivity contribution < 1.29 is 18.3 Å². The summed E-state index contributed by atoms with van der Waals surface area (Å²) in [5, 5.41) is 10.8. The second-order valence-corrected chi connectivity index (χ2v) is 17.1. The minimum absolute atomic E-state index is 0.0192. The molecule has 1 saturated heterocycles. The summed E-state index contributed by atoms with van der Waals surface area (Å²) in [4.78, 5) is 24.2. The zero-order valence-electron chi connectivity index (χ0n) is 26.1. The Morgan fingerprint density at radius 2 is 1.62 bits per heavy atom. The highest BCUT2D eigenvalue weighted by Crippen LogP contribution is 2.40.